The van der Waals surface area contributed by atoms with Crippen LogP contribution in [0.25, 0.3) is 5.69 Å². The molecule has 1 aliphatic rings. The van der Waals surface area contributed by atoms with E-state index in [1.54, 1.807) is 13.3 Å². The molecule has 7 heteroatoms. The fraction of sp³-hybridized carbons (Fsp3) is 0.238. The summed E-state index contributed by atoms with van der Waals surface area (Å²) in [7, 11) is 1.66. The Morgan fingerprint density at radius 2 is 1.86 bits per heavy atom. The van der Waals surface area contributed by atoms with Gasteiger partial charge in [-0.15, -0.1) is 0 Å². The first-order chi connectivity index (χ1) is 13.7. The van der Waals surface area contributed by atoms with E-state index in [4.69, 9.17) is 4.74 Å². The second-order valence-corrected chi connectivity index (χ2v) is 7.72. The van der Waals surface area contributed by atoms with E-state index in [2.05, 4.69) is 37.0 Å². The summed E-state index contributed by atoms with van der Waals surface area (Å²) in [5.74, 6) is 1.79. The number of ether oxygens (including phenoxy) is 1. The Morgan fingerprint density at radius 1 is 1.07 bits per heavy atom. The highest BCUT2D eigenvalue weighted by Gasteiger charge is 2.25. The minimum Gasteiger partial charge on any atom is -0.497 e. The molecule has 0 radical (unpaired) electrons. The summed E-state index contributed by atoms with van der Waals surface area (Å²) in [5.41, 5.74) is 1.78. The molecule has 0 saturated carbocycles. The van der Waals surface area contributed by atoms with Gasteiger partial charge in [-0.3, -0.25) is 9.36 Å². The molecule has 2 heterocycles. The predicted octanol–water partition coefficient (Wildman–Crippen LogP) is 3.45. The van der Waals surface area contributed by atoms with Gasteiger partial charge in [0.2, 0.25) is 5.95 Å². The van der Waals surface area contributed by atoms with Gasteiger partial charge in [-0.1, -0.05) is 18.2 Å². The first kappa shape index (κ1) is 18.8. The van der Waals surface area contributed by atoms with Crippen molar-refractivity contribution in [3.05, 3.63) is 70.1 Å². The number of halogens is 1. The number of amides is 1. The molecule has 3 aromatic rings. The van der Waals surface area contributed by atoms with Crippen LogP contribution < -0.4 is 9.64 Å². The summed E-state index contributed by atoms with van der Waals surface area (Å²) < 4.78 is 8.38. The second-order valence-electron chi connectivity index (χ2n) is 6.56. The first-order valence-corrected chi connectivity index (χ1v) is 10.2. The van der Waals surface area contributed by atoms with Gasteiger partial charge in [0.05, 0.1) is 18.4 Å². The molecule has 2 aromatic carbocycles. The topological polar surface area (TPSA) is 50.6 Å². The van der Waals surface area contributed by atoms with Crippen LogP contribution in [-0.2, 0) is 0 Å². The lowest BCUT2D eigenvalue weighted by molar-refractivity contribution is 0.0745. The van der Waals surface area contributed by atoms with Crippen molar-refractivity contribution < 1.29 is 9.53 Å². The minimum atomic E-state index is 0.0980. The highest BCUT2D eigenvalue weighted by molar-refractivity contribution is 14.1. The minimum absolute atomic E-state index is 0.0980. The van der Waals surface area contributed by atoms with Gasteiger partial charge < -0.3 is 14.5 Å². The van der Waals surface area contributed by atoms with Crippen molar-refractivity contribution in [3.63, 3.8) is 0 Å². The number of imidazole rings is 1. The third-order valence-electron chi connectivity index (χ3n) is 4.91. The molecule has 1 amide bonds. The molecule has 1 aromatic heterocycles. The largest absolute Gasteiger partial charge is 0.497 e. The van der Waals surface area contributed by atoms with Crippen molar-refractivity contribution in [2.24, 2.45) is 0 Å². The summed E-state index contributed by atoms with van der Waals surface area (Å²) in [4.78, 5) is 21.5. The number of hydrogen-bond acceptors (Lipinski definition) is 4. The molecule has 1 fully saturated rings. The van der Waals surface area contributed by atoms with Gasteiger partial charge in [-0.05, 0) is 46.9 Å². The van der Waals surface area contributed by atoms with E-state index in [0.29, 0.717) is 13.1 Å². The maximum Gasteiger partial charge on any atom is 0.255 e. The monoisotopic (exact) mass is 488 g/mol. The van der Waals surface area contributed by atoms with E-state index in [1.807, 2.05) is 59.6 Å². The number of methoxy groups -OCH3 is 1. The molecule has 6 nitrogen and oxygen atoms in total. The molecular formula is C21H21IN4O2. The summed E-state index contributed by atoms with van der Waals surface area (Å²) in [6.45, 7) is 2.84. The number of piperazine rings is 1. The predicted molar refractivity (Wildman–Crippen MR) is 117 cm³/mol. The summed E-state index contributed by atoms with van der Waals surface area (Å²) >= 11 is 2.22. The molecule has 0 atom stereocenters. The van der Waals surface area contributed by atoms with Crippen molar-refractivity contribution in [1.82, 2.24) is 14.5 Å². The fourth-order valence-electron chi connectivity index (χ4n) is 3.41. The average molecular weight is 488 g/mol. The lowest BCUT2D eigenvalue weighted by atomic mass is 10.2. The van der Waals surface area contributed by atoms with Crippen LogP contribution in [0, 0.1) is 3.57 Å². The number of hydrogen-bond donors (Lipinski definition) is 0. The van der Waals surface area contributed by atoms with Gasteiger partial charge in [0.25, 0.3) is 5.91 Å². The molecule has 1 aliphatic heterocycles. The normalized spacial score (nSPS) is 14.2. The average Bonchev–Trinajstić information content (AvgIpc) is 3.24. The molecule has 0 aliphatic carbocycles. The van der Waals surface area contributed by atoms with Crippen molar-refractivity contribution in [1.29, 1.82) is 0 Å². The Hall–Kier alpha value is -2.55. The summed E-state index contributed by atoms with van der Waals surface area (Å²) in [5, 5.41) is 0. The van der Waals surface area contributed by atoms with Gasteiger partial charge in [0.1, 0.15) is 5.75 Å². The van der Waals surface area contributed by atoms with E-state index in [1.165, 1.54) is 0 Å². The molecule has 4 rings (SSSR count). The van der Waals surface area contributed by atoms with Crippen LogP contribution in [0.1, 0.15) is 10.4 Å². The molecule has 0 N–H and O–H groups in total. The van der Waals surface area contributed by atoms with Crippen LogP contribution in [0.5, 0.6) is 5.75 Å². The van der Waals surface area contributed by atoms with Crippen LogP contribution in [0.4, 0.5) is 5.95 Å². The smallest absolute Gasteiger partial charge is 0.255 e. The molecule has 0 bridgehead atoms. The van der Waals surface area contributed by atoms with E-state index in [0.717, 1.165) is 39.6 Å². The lowest BCUT2D eigenvalue weighted by Gasteiger charge is -2.35. The van der Waals surface area contributed by atoms with Gasteiger partial charge in [-0.2, -0.15) is 0 Å². The molecule has 28 heavy (non-hydrogen) atoms. The van der Waals surface area contributed by atoms with Crippen LogP contribution in [-0.4, -0.2) is 53.6 Å². The van der Waals surface area contributed by atoms with E-state index in [9.17, 15) is 4.79 Å². The number of nitrogens with zero attached hydrogens (tertiary/aromatic N) is 4. The first-order valence-electron chi connectivity index (χ1n) is 9.14. The van der Waals surface area contributed by atoms with Crippen LogP contribution in [0.3, 0.4) is 0 Å². The van der Waals surface area contributed by atoms with Crippen LogP contribution in [0.2, 0.25) is 0 Å². The van der Waals surface area contributed by atoms with Crippen LogP contribution >= 0.6 is 22.6 Å². The maximum atomic E-state index is 12.8. The number of carbonyl (C=O) groups is 1. The summed E-state index contributed by atoms with van der Waals surface area (Å²) in [6.07, 6.45) is 3.76. The number of anilines is 1. The third kappa shape index (κ3) is 3.71. The summed E-state index contributed by atoms with van der Waals surface area (Å²) in [6, 6.07) is 15.6. The second kappa shape index (κ2) is 8.22. The zero-order valence-corrected chi connectivity index (χ0v) is 17.7. The number of aromatic nitrogens is 2. The van der Waals surface area contributed by atoms with Gasteiger partial charge in [0.15, 0.2) is 0 Å². The van der Waals surface area contributed by atoms with E-state index < -0.39 is 0 Å². The Bertz CT molecular complexity index is 980. The van der Waals surface area contributed by atoms with Crippen LogP contribution in [0.15, 0.2) is 60.9 Å². The molecule has 0 unspecified atom stereocenters. The Kier molecular flexibility index (Phi) is 5.52. The quantitative estimate of drug-likeness (QED) is 0.529. The van der Waals surface area contributed by atoms with Gasteiger partial charge >= 0.3 is 0 Å². The zero-order chi connectivity index (χ0) is 19.5. The zero-order valence-electron chi connectivity index (χ0n) is 15.6. The SMILES string of the molecule is COc1cccc(-n2ccnc2N2CCN(C(=O)c3ccccc3I)CC2)c1. The number of benzene rings is 2. The standard InChI is InChI=1S/C21H21IN4O2/c1-28-17-6-4-5-16(15-17)26-10-9-23-21(26)25-13-11-24(12-14-25)20(27)18-7-2-3-8-19(18)22/h2-10,15H,11-14H2,1H3. The highest BCUT2D eigenvalue weighted by Crippen LogP contribution is 2.23. The Balaban J connectivity index is 1.48. The van der Waals surface area contributed by atoms with Crippen molar-refractivity contribution >= 4 is 34.4 Å². The maximum absolute atomic E-state index is 12.8. The third-order valence-corrected chi connectivity index (χ3v) is 5.85. The lowest BCUT2D eigenvalue weighted by Crippen LogP contribution is -2.49. The molecular weight excluding hydrogens is 467 g/mol. The molecule has 1 saturated heterocycles. The highest BCUT2D eigenvalue weighted by atomic mass is 127. The Labute approximate surface area is 177 Å². The number of carbonyl (C=O) groups excluding carboxylic acids is 1. The van der Waals surface area contributed by atoms with Crippen molar-refractivity contribution in [3.8, 4) is 11.4 Å². The molecule has 144 valence electrons. The van der Waals surface area contributed by atoms with Gasteiger partial charge in [-0.25, -0.2) is 4.98 Å². The Morgan fingerprint density at radius 3 is 2.61 bits per heavy atom. The van der Waals surface area contributed by atoms with Crippen molar-refractivity contribution in [2.45, 2.75) is 0 Å². The molecule has 0 spiro atoms. The van der Waals surface area contributed by atoms with Crippen molar-refractivity contribution in [2.75, 3.05) is 38.2 Å². The fourth-order valence-corrected chi connectivity index (χ4v) is 4.02. The van der Waals surface area contributed by atoms with E-state index >= 15 is 0 Å². The number of rotatable bonds is 4. The van der Waals surface area contributed by atoms with E-state index in [-0.39, 0.29) is 5.91 Å². The van der Waals surface area contributed by atoms with Gasteiger partial charge in [0, 0.05) is 48.2 Å².